The van der Waals surface area contributed by atoms with Crippen LogP contribution >= 0.6 is 0 Å². The van der Waals surface area contributed by atoms with Crippen molar-refractivity contribution in [3.8, 4) is 0 Å². The molecule has 4 fully saturated rings. The molecule has 4 aliphatic rings. The van der Waals surface area contributed by atoms with Crippen molar-refractivity contribution in [2.24, 2.45) is 4.99 Å². The monoisotopic (exact) mass is 403 g/mol. The van der Waals surface area contributed by atoms with E-state index in [2.05, 4.69) is 4.99 Å². The van der Waals surface area contributed by atoms with Gasteiger partial charge in [-0.1, -0.05) is 51.4 Å². The normalized spacial score (nSPS) is 24.9. The summed E-state index contributed by atoms with van der Waals surface area (Å²) in [6.45, 7) is 0. The maximum atomic E-state index is 12.6. The van der Waals surface area contributed by atoms with E-state index in [1.54, 1.807) is 6.08 Å². The van der Waals surface area contributed by atoms with Crippen LogP contribution in [0.3, 0.4) is 0 Å². The predicted molar refractivity (Wildman–Crippen MR) is 108 cm³/mol. The lowest BCUT2D eigenvalue weighted by Crippen LogP contribution is -2.60. The Morgan fingerprint density at radius 1 is 0.655 bits per heavy atom. The second-order valence-electron chi connectivity index (χ2n) is 8.73. The van der Waals surface area contributed by atoms with Crippen molar-refractivity contribution in [2.75, 3.05) is 0 Å². The fourth-order valence-corrected chi connectivity index (χ4v) is 5.14. The average Bonchev–Trinajstić information content (AvgIpc) is 3.24. The molecule has 7 heteroatoms. The molecule has 3 saturated carbocycles. The molecule has 0 aromatic rings. The molecule has 1 aliphatic heterocycles. The molecule has 4 amide bonds. The number of carbonyl (C=O) groups is 3. The molecular formula is C22H33N3O4. The summed E-state index contributed by atoms with van der Waals surface area (Å²) >= 11 is 0. The molecule has 1 heterocycles. The number of hydrogen-bond acceptors (Lipinski definition) is 5. The highest BCUT2D eigenvalue weighted by atomic mass is 16.2. The van der Waals surface area contributed by atoms with Crippen molar-refractivity contribution in [1.29, 1.82) is 0 Å². The van der Waals surface area contributed by atoms with Crippen molar-refractivity contribution < 1.29 is 19.2 Å². The van der Waals surface area contributed by atoms with Crippen LogP contribution in [-0.4, -0.2) is 51.9 Å². The Hall–Kier alpha value is -2.01. The molecule has 0 atom stereocenters. The smallest absolute Gasteiger partial charge is 0.274 e. The van der Waals surface area contributed by atoms with Gasteiger partial charge < -0.3 is 0 Å². The van der Waals surface area contributed by atoms with Gasteiger partial charge in [0, 0.05) is 12.1 Å². The Morgan fingerprint density at radius 3 is 1.52 bits per heavy atom. The van der Waals surface area contributed by atoms with Crippen molar-refractivity contribution in [1.82, 2.24) is 9.80 Å². The third kappa shape index (κ3) is 5.53. The highest BCUT2D eigenvalue weighted by molar-refractivity contribution is 6.14. The van der Waals surface area contributed by atoms with Gasteiger partial charge in [-0.2, -0.15) is 0 Å². The maximum Gasteiger partial charge on any atom is 0.333 e. The molecule has 29 heavy (non-hydrogen) atoms. The zero-order chi connectivity index (χ0) is 20.6. The summed E-state index contributed by atoms with van der Waals surface area (Å²) in [6, 6.07) is -0.00348. The van der Waals surface area contributed by atoms with Gasteiger partial charge in [0.1, 0.15) is 6.42 Å². The molecule has 0 unspecified atom stereocenters. The molecule has 0 aromatic heterocycles. The maximum absolute atomic E-state index is 12.6. The van der Waals surface area contributed by atoms with Gasteiger partial charge in [0.25, 0.3) is 0 Å². The van der Waals surface area contributed by atoms with E-state index in [-0.39, 0.29) is 36.3 Å². The van der Waals surface area contributed by atoms with Crippen LogP contribution in [0.15, 0.2) is 4.99 Å². The van der Waals surface area contributed by atoms with E-state index in [4.69, 9.17) is 0 Å². The quantitative estimate of drug-likeness (QED) is 0.403. The van der Waals surface area contributed by atoms with Crippen molar-refractivity contribution in [3.05, 3.63) is 0 Å². The number of rotatable bonds is 3. The number of imide groups is 2. The van der Waals surface area contributed by atoms with E-state index < -0.39 is 0 Å². The number of carbonyl (C=O) groups excluding carboxylic acids is 4. The lowest BCUT2D eigenvalue weighted by molar-refractivity contribution is -0.145. The average molecular weight is 404 g/mol. The molecular weight excluding hydrogens is 370 g/mol. The van der Waals surface area contributed by atoms with E-state index >= 15 is 0 Å². The number of nitrogens with zero attached hydrogens (tertiary/aromatic N) is 3. The summed E-state index contributed by atoms with van der Waals surface area (Å²) in [4.78, 5) is 53.1. The largest absolute Gasteiger partial charge is 0.333 e. The first-order valence-corrected chi connectivity index (χ1v) is 11.4. The number of aliphatic imine (C=N–C) groups is 1. The van der Waals surface area contributed by atoms with Crippen LogP contribution < -0.4 is 0 Å². The molecule has 160 valence electrons. The highest BCUT2D eigenvalue weighted by Gasteiger charge is 2.44. The summed E-state index contributed by atoms with van der Waals surface area (Å²) in [6.07, 6.45) is 16.5. The fourth-order valence-electron chi connectivity index (χ4n) is 5.14. The van der Waals surface area contributed by atoms with Crippen LogP contribution in [-0.2, 0) is 14.4 Å². The Morgan fingerprint density at radius 2 is 1.07 bits per heavy atom. The minimum absolute atomic E-state index is 0.0146. The van der Waals surface area contributed by atoms with Gasteiger partial charge in [0.2, 0.25) is 17.9 Å². The number of urea groups is 1. The van der Waals surface area contributed by atoms with Crippen LogP contribution in [0, 0.1) is 0 Å². The molecule has 1 saturated heterocycles. The molecule has 7 nitrogen and oxygen atoms in total. The molecule has 0 radical (unpaired) electrons. The second kappa shape index (κ2) is 10.7. The van der Waals surface area contributed by atoms with Crippen molar-refractivity contribution in [3.63, 3.8) is 0 Å². The van der Waals surface area contributed by atoms with Gasteiger partial charge in [-0.3, -0.25) is 19.4 Å². The lowest BCUT2D eigenvalue weighted by atomic mass is 9.93. The van der Waals surface area contributed by atoms with Gasteiger partial charge in [-0.05, 0) is 38.5 Å². The minimum atomic E-state index is -0.343. The number of hydrogen-bond donors (Lipinski definition) is 0. The van der Waals surface area contributed by atoms with Crippen LogP contribution in [0.5, 0.6) is 0 Å². The summed E-state index contributed by atoms with van der Waals surface area (Å²) < 4.78 is 0. The van der Waals surface area contributed by atoms with Crippen LogP contribution in [0.2, 0.25) is 0 Å². The number of amides is 4. The summed E-state index contributed by atoms with van der Waals surface area (Å²) in [7, 11) is 0. The second-order valence-corrected chi connectivity index (χ2v) is 8.73. The van der Waals surface area contributed by atoms with Gasteiger partial charge in [0.15, 0.2) is 0 Å². The first-order valence-electron chi connectivity index (χ1n) is 11.4. The predicted octanol–water partition coefficient (Wildman–Crippen LogP) is 4.10. The molecule has 4 rings (SSSR count). The third-order valence-corrected chi connectivity index (χ3v) is 6.69. The van der Waals surface area contributed by atoms with E-state index in [0.29, 0.717) is 6.04 Å². The highest BCUT2D eigenvalue weighted by Crippen LogP contribution is 2.31. The first kappa shape index (κ1) is 21.7. The van der Waals surface area contributed by atoms with Gasteiger partial charge in [0.05, 0.1) is 6.04 Å². The first-order chi connectivity index (χ1) is 14.1. The Bertz CT molecular complexity index is 640. The minimum Gasteiger partial charge on any atom is -0.274 e. The molecule has 0 bridgehead atoms. The van der Waals surface area contributed by atoms with Crippen molar-refractivity contribution >= 4 is 23.9 Å². The van der Waals surface area contributed by atoms with Crippen LogP contribution in [0.4, 0.5) is 4.79 Å². The van der Waals surface area contributed by atoms with E-state index in [1.165, 1.54) is 35.5 Å². The SMILES string of the molecule is O=C1CC(=O)N(C2CCCC2)C(=O)N1C1CCCCC1.O=C=NC1CCCCC1. The fraction of sp³-hybridized carbons (Fsp3) is 0.818. The third-order valence-electron chi connectivity index (χ3n) is 6.69. The van der Waals surface area contributed by atoms with Crippen LogP contribution in [0.1, 0.15) is 96.3 Å². The standard InChI is InChI=1S/C15H22N2O3.C7H11NO/c18-13-10-14(19)17(12-8-4-5-9-12)15(20)16(13)11-6-2-1-3-7-11;9-6-8-7-4-2-1-3-5-7/h11-12H,1-10H2;7H,1-5H2. The van der Waals surface area contributed by atoms with Crippen LogP contribution in [0.25, 0.3) is 0 Å². The van der Waals surface area contributed by atoms with E-state index in [9.17, 15) is 19.2 Å². The Balaban J connectivity index is 0.000000224. The zero-order valence-electron chi connectivity index (χ0n) is 17.3. The molecule has 0 aromatic carbocycles. The molecule has 3 aliphatic carbocycles. The molecule has 0 N–H and O–H groups in total. The lowest BCUT2D eigenvalue weighted by Gasteiger charge is -2.41. The Labute approximate surface area is 172 Å². The van der Waals surface area contributed by atoms with Crippen molar-refractivity contribution in [2.45, 2.75) is 114 Å². The van der Waals surface area contributed by atoms with E-state index in [0.717, 1.165) is 64.2 Å². The topological polar surface area (TPSA) is 87.1 Å². The van der Waals surface area contributed by atoms with Gasteiger partial charge in [-0.15, -0.1) is 0 Å². The summed E-state index contributed by atoms with van der Waals surface area (Å²) in [5.41, 5.74) is 0. The number of barbiturate groups is 1. The Kier molecular flexibility index (Phi) is 7.99. The zero-order valence-corrected chi connectivity index (χ0v) is 17.3. The summed E-state index contributed by atoms with van der Waals surface area (Å²) in [5, 5.41) is 0. The van der Waals surface area contributed by atoms with Gasteiger partial charge >= 0.3 is 6.03 Å². The van der Waals surface area contributed by atoms with E-state index in [1.807, 2.05) is 0 Å². The molecule has 0 spiro atoms. The van der Waals surface area contributed by atoms with Gasteiger partial charge in [-0.25, -0.2) is 14.6 Å². The number of isocyanates is 1. The summed E-state index contributed by atoms with van der Waals surface area (Å²) in [5.74, 6) is -0.583.